The number of rotatable bonds is 5. The van der Waals surface area contributed by atoms with Gasteiger partial charge in [-0.15, -0.1) is 0 Å². The molecule has 1 aliphatic heterocycles. The summed E-state index contributed by atoms with van der Waals surface area (Å²) in [4.78, 5) is 14.3. The molecule has 144 valence electrons. The number of benzene rings is 2. The molecule has 1 amide bonds. The molecule has 3 rings (SSSR count). The van der Waals surface area contributed by atoms with Gasteiger partial charge in [-0.05, 0) is 36.2 Å². The minimum atomic E-state index is -3.41. The van der Waals surface area contributed by atoms with Crippen LogP contribution in [-0.4, -0.2) is 40.8 Å². The summed E-state index contributed by atoms with van der Waals surface area (Å²) >= 11 is 0. The zero-order chi connectivity index (χ0) is 19.6. The number of fused-ring (bicyclic) bond motifs is 1. The number of hydrogen-bond acceptors (Lipinski definition) is 5. The van der Waals surface area contributed by atoms with E-state index in [4.69, 9.17) is 9.47 Å². The van der Waals surface area contributed by atoms with Crippen molar-refractivity contribution in [2.45, 2.75) is 17.7 Å². The number of amides is 1. The molecule has 1 aliphatic rings. The lowest BCUT2D eigenvalue weighted by Gasteiger charge is -2.30. The van der Waals surface area contributed by atoms with E-state index in [0.717, 1.165) is 6.26 Å². The summed E-state index contributed by atoms with van der Waals surface area (Å²) in [6.45, 7) is 0.615. The van der Waals surface area contributed by atoms with Crippen LogP contribution < -0.4 is 14.4 Å². The van der Waals surface area contributed by atoms with Gasteiger partial charge in [0.1, 0.15) is 12.4 Å². The van der Waals surface area contributed by atoms with E-state index in [1.54, 1.807) is 18.2 Å². The number of carbonyl (C=O) groups is 1. The standard InChI is InChI=1S/C19H20FNO5S/c1-25-17-5-3-4-13(19(17)20)6-9-18(22)21-10-11-26-16-8-7-14(12-15(16)21)27(2,23)24/h3-5,7-8,12H,6,9-11H2,1-2H3. The molecular formula is C19H20FNO5S. The molecule has 1 heterocycles. The average Bonchev–Trinajstić information content (AvgIpc) is 2.65. The highest BCUT2D eigenvalue weighted by Gasteiger charge is 2.25. The third-order valence-corrected chi connectivity index (χ3v) is 5.50. The number of sulfone groups is 1. The van der Waals surface area contributed by atoms with Crippen molar-refractivity contribution in [3.05, 3.63) is 47.8 Å². The molecule has 0 radical (unpaired) electrons. The van der Waals surface area contributed by atoms with Crippen molar-refractivity contribution < 1.29 is 27.1 Å². The third-order valence-electron chi connectivity index (χ3n) is 4.39. The Balaban J connectivity index is 1.81. The minimum absolute atomic E-state index is 0.0760. The quantitative estimate of drug-likeness (QED) is 0.781. The Hall–Kier alpha value is -2.61. The summed E-state index contributed by atoms with van der Waals surface area (Å²) in [7, 11) is -2.02. The van der Waals surface area contributed by atoms with Gasteiger partial charge in [-0.2, -0.15) is 0 Å². The topological polar surface area (TPSA) is 72.9 Å². The molecule has 0 unspecified atom stereocenters. The largest absolute Gasteiger partial charge is 0.494 e. The van der Waals surface area contributed by atoms with Crippen molar-refractivity contribution in [1.82, 2.24) is 0 Å². The second-order valence-electron chi connectivity index (χ2n) is 6.23. The van der Waals surface area contributed by atoms with Crippen LogP contribution in [0, 0.1) is 5.82 Å². The third kappa shape index (κ3) is 4.05. The predicted molar refractivity (Wildman–Crippen MR) is 98.7 cm³/mol. The van der Waals surface area contributed by atoms with Crippen LogP contribution in [0.3, 0.4) is 0 Å². The van der Waals surface area contributed by atoms with Gasteiger partial charge in [0.2, 0.25) is 5.91 Å². The Bertz CT molecular complexity index is 974. The fraction of sp³-hybridized carbons (Fsp3) is 0.316. The Morgan fingerprint density at radius 1 is 1.30 bits per heavy atom. The van der Waals surface area contributed by atoms with E-state index in [1.807, 2.05) is 0 Å². The van der Waals surface area contributed by atoms with Gasteiger partial charge in [-0.1, -0.05) is 12.1 Å². The highest BCUT2D eigenvalue weighted by Crippen LogP contribution is 2.34. The smallest absolute Gasteiger partial charge is 0.227 e. The van der Waals surface area contributed by atoms with Crippen LogP contribution in [0.2, 0.25) is 0 Å². The fourth-order valence-electron chi connectivity index (χ4n) is 2.97. The highest BCUT2D eigenvalue weighted by molar-refractivity contribution is 7.90. The molecule has 0 saturated heterocycles. The lowest BCUT2D eigenvalue weighted by atomic mass is 10.1. The van der Waals surface area contributed by atoms with Crippen LogP contribution in [-0.2, 0) is 21.1 Å². The van der Waals surface area contributed by atoms with Crippen LogP contribution in [0.25, 0.3) is 0 Å². The molecule has 2 aromatic carbocycles. The Labute approximate surface area is 157 Å². The minimum Gasteiger partial charge on any atom is -0.494 e. The van der Waals surface area contributed by atoms with Crippen molar-refractivity contribution in [2.75, 3.05) is 31.4 Å². The number of aryl methyl sites for hydroxylation is 1. The summed E-state index contributed by atoms with van der Waals surface area (Å²) in [5.41, 5.74) is 0.807. The van der Waals surface area contributed by atoms with E-state index in [2.05, 4.69) is 0 Å². The van der Waals surface area contributed by atoms with Crippen molar-refractivity contribution >= 4 is 21.4 Å². The van der Waals surface area contributed by atoms with Crippen LogP contribution >= 0.6 is 0 Å². The van der Waals surface area contributed by atoms with E-state index in [0.29, 0.717) is 30.2 Å². The van der Waals surface area contributed by atoms with Gasteiger partial charge in [0.05, 0.1) is 24.2 Å². The number of anilines is 1. The van der Waals surface area contributed by atoms with Crippen molar-refractivity contribution in [1.29, 1.82) is 0 Å². The van der Waals surface area contributed by atoms with Crippen molar-refractivity contribution in [3.63, 3.8) is 0 Å². The normalized spacial score (nSPS) is 13.7. The Morgan fingerprint density at radius 2 is 2.07 bits per heavy atom. The van der Waals surface area contributed by atoms with E-state index < -0.39 is 15.7 Å². The maximum absolute atomic E-state index is 14.3. The first-order valence-electron chi connectivity index (χ1n) is 8.40. The van der Waals surface area contributed by atoms with Gasteiger partial charge in [0, 0.05) is 12.7 Å². The van der Waals surface area contributed by atoms with E-state index in [9.17, 15) is 17.6 Å². The van der Waals surface area contributed by atoms with Gasteiger partial charge in [-0.3, -0.25) is 4.79 Å². The SMILES string of the molecule is COc1cccc(CCC(=O)N2CCOc3ccc(S(C)(=O)=O)cc32)c1F. The lowest BCUT2D eigenvalue weighted by Crippen LogP contribution is -2.38. The molecule has 27 heavy (non-hydrogen) atoms. The summed E-state index contributed by atoms with van der Waals surface area (Å²) in [6.07, 6.45) is 1.39. The maximum Gasteiger partial charge on any atom is 0.227 e. The zero-order valence-corrected chi connectivity index (χ0v) is 15.9. The zero-order valence-electron chi connectivity index (χ0n) is 15.1. The number of hydrogen-bond donors (Lipinski definition) is 0. The highest BCUT2D eigenvalue weighted by atomic mass is 32.2. The molecule has 6 nitrogen and oxygen atoms in total. The van der Waals surface area contributed by atoms with Crippen LogP contribution in [0.15, 0.2) is 41.3 Å². The lowest BCUT2D eigenvalue weighted by molar-refractivity contribution is -0.118. The molecule has 0 N–H and O–H groups in total. The van der Waals surface area contributed by atoms with E-state index in [1.165, 1.54) is 30.2 Å². The van der Waals surface area contributed by atoms with Gasteiger partial charge in [0.15, 0.2) is 21.4 Å². The number of methoxy groups -OCH3 is 1. The number of ether oxygens (including phenoxy) is 2. The molecule has 8 heteroatoms. The summed E-state index contributed by atoms with van der Waals surface area (Å²) in [6, 6.07) is 9.24. The van der Waals surface area contributed by atoms with Crippen LogP contribution in [0.5, 0.6) is 11.5 Å². The molecular weight excluding hydrogens is 373 g/mol. The van der Waals surface area contributed by atoms with Gasteiger partial charge in [0.25, 0.3) is 0 Å². The predicted octanol–water partition coefficient (Wildman–Crippen LogP) is 2.60. The summed E-state index contributed by atoms with van der Waals surface area (Å²) in [5.74, 6) is -0.119. The van der Waals surface area contributed by atoms with Gasteiger partial charge < -0.3 is 14.4 Å². The van der Waals surface area contributed by atoms with E-state index in [-0.39, 0.29) is 29.4 Å². The van der Waals surface area contributed by atoms with Crippen molar-refractivity contribution in [3.8, 4) is 11.5 Å². The van der Waals surface area contributed by atoms with E-state index >= 15 is 0 Å². The molecule has 0 atom stereocenters. The average molecular weight is 393 g/mol. The first kappa shape index (κ1) is 19.2. The number of carbonyl (C=O) groups excluding carboxylic acids is 1. The van der Waals surface area contributed by atoms with Gasteiger partial charge in [-0.25, -0.2) is 12.8 Å². The molecule has 0 spiro atoms. The molecule has 2 aromatic rings. The first-order chi connectivity index (χ1) is 12.8. The van der Waals surface area contributed by atoms with Crippen LogP contribution in [0.4, 0.5) is 10.1 Å². The Kier molecular flexibility index (Phi) is 5.36. The van der Waals surface area contributed by atoms with Crippen LogP contribution in [0.1, 0.15) is 12.0 Å². The fourth-order valence-corrected chi connectivity index (χ4v) is 3.61. The summed E-state index contributed by atoms with van der Waals surface area (Å²) < 4.78 is 48.3. The number of nitrogens with zero attached hydrogens (tertiary/aromatic N) is 1. The number of halogens is 1. The first-order valence-corrected chi connectivity index (χ1v) is 10.3. The molecule has 0 aliphatic carbocycles. The molecule has 0 fully saturated rings. The van der Waals surface area contributed by atoms with Gasteiger partial charge >= 0.3 is 0 Å². The molecule has 0 saturated carbocycles. The second kappa shape index (κ2) is 7.56. The molecule has 0 aromatic heterocycles. The summed E-state index contributed by atoms with van der Waals surface area (Å²) in [5, 5.41) is 0. The monoisotopic (exact) mass is 393 g/mol. The van der Waals surface area contributed by atoms with Crippen molar-refractivity contribution in [2.24, 2.45) is 0 Å². The second-order valence-corrected chi connectivity index (χ2v) is 8.24. The molecule has 0 bridgehead atoms. The Morgan fingerprint density at radius 3 is 2.78 bits per heavy atom. The maximum atomic E-state index is 14.3.